The van der Waals surface area contributed by atoms with E-state index in [4.69, 9.17) is 4.74 Å². The van der Waals surface area contributed by atoms with Crippen LogP contribution in [-0.4, -0.2) is 54.6 Å². The summed E-state index contributed by atoms with van der Waals surface area (Å²) in [4.78, 5) is 16.6. The number of nitrogens with zero attached hydrogens (tertiary/aromatic N) is 2. The molecule has 4 nitrogen and oxygen atoms in total. The summed E-state index contributed by atoms with van der Waals surface area (Å²) in [6, 6.07) is 8.67. The van der Waals surface area contributed by atoms with Gasteiger partial charge in [0.1, 0.15) is 0 Å². The summed E-state index contributed by atoms with van der Waals surface area (Å²) in [5, 5.41) is 0. The van der Waals surface area contributed by atoms with Gasteiger partial charge in [-0.05, 0) is 62.7 Å². The lowest BCUT2D eigenvalue weighted by Gasteiger charge is -2.35. The van der Waals surface area contributed by atoms with Gasteiger partial charge >= 0.3 is 0 Å². The third-order valence-electron chi connectivity index (χ3n) is 5.73. The van der Waals surface area contributed by atoms with E-state index < -0.39 is 0 Å². The number of likely N-dealkylation sites (tertiary alicyclic amines) is 1. The molecule has 1 amide bonds. The second-order valence-corrected chi connectivity index (χ2v) is 7.71. The maximum absolute atomic E-state index is 12.0. The molecule has 2 fully saturated rings. The van der Waals surface area contributed by atoms with Gasteiger partial charge in [0.2, 0.25) is 5.91 Å². The van der Waals surface area contributed by atoms with Crippen LogP contribution in [0.2, 0.25) is 0 Å². The highest BCUT2D eigenvalue weighted by Gasteiger charge is 2.25. The Bertz CT molecular complexity index is 561. The van der Waals surface area contributed by atoms with Crippen LogP contribution in [-0.2, 0) is 16.1 Å². The van der Waals surface area contributed by atoms with Gasteiger partial charge in [-0.15, -0.1) is 0 Å². The van der Waals surface area contributed by atoms with E-state index in [0.29, 0.717) is 5.92 Å². The molecule has 0 aliphatic carbocycles. The monoisotopic (exact) mass is 344 g/mol. The summed E-state index contributed by atoms with van der Waals surface area (Å²) >= 11 is 0. The van der Waals surface area contributed by atoms with Crippen LogP contribution in [0.25, 0.3) is 0 Å². The summed E-state index contributed by atoms with van der Waals surface area (Å²) in [5.74, 6) is 0.816. The highest BCUT2D eigenvalue weighted by molar-refractivity contribution is 5.73. The van der Waals surface area contributed by atoms with E-state index in [0.717, 1.165) is 52.2 Å². The van der Waals surface area contributed by atoms with Crippen molar-refractivity contribution in [2.24, 2.45) is 5.92 Å². The molecule has 2 aliphatic rings. The van der Waals surface area contributed by atoms with Gasteiger partial charge in [0, 0.05) is 33.2 Å². The molecule has 2 aliphatic heterocycles. The summed E-state index contributed by atoms with van der Waals surface area (Å²) in [6.45, 7) is 9.72. The molecule has 1 aromatic rings. The second-order valence-electron chi connectivity index (χ2n) is 7.71. The predicted octanol–water partition coefficient (Wildman–Crippen LogP) is 3.23. The van der Waals surface area contributed by atoms with Gasteiger partial charge < -0.3 is 9.64 Å². The first-order valence-electron chi connectivity index (χ1n) is 9.76. The van der Waals surface area contributed by atoms with Crippen LogP contribution in [0.5, 0.6) is 0 Å². The first-order chi connectivity index (χ1) is 12.1. The minimum atomic E-state index is 0.192. The van der Waals surface area contributed by atoms with Crippen molar-refractivity contribution in [1.82, 2.24) is 9.80 Å². The van der Waals surface area contributed by atoms with Crippen molar-refractivity contribution < 1.29 is 9.53 Å². The van der Waals surface area contributed by atoms with E-state index in [9.17, 15) is 4.79 Å². The van der Waals surface area contributed by atoms with Crippen LogP contribution in [0.4, 0.5) is 0 Å². The zero-order valence-corrected chi connectivity index (χ0v) is 15.7. The van der Waals surface area contributed by atoms with Crippen molar-refractivity contribution in [3.05, 3.63) is 35.4 Å². The van der Waals surface area contributed by atoms with E-state index in [1.54, 1.807) is 6.92 Å². The SMILES string of the molecule is CC(=O)N(CC1CCN(Cc2ccccc2C)CC1)C[C@H]1CCCO1. The molecule has 3 rings (SSSR count). The van der Waals surface area contributed by atoms with E-state index in [1.165, 1.54) is 24.0 Å². The lowest BCUT2D eigenvalue weighted by Crippen LogP contribution is -2.42. The van der Waals surface area contributed by atoms with E-state index in [-0.39, 0.29) is 12.0 Å². The lowest BCUT2D eigenvalue weighted by molar-refractivity contribution is -0.131. The van der Waals surface area contributed by atoms with Crippen molar-refractivity contribution >= 4 is 5.91 Å². The molecule has 0 aromatic heterocycles. The minimum absolute atomic E-state index is 0.192. The van der Waals surface area contributed by atoms with E-state index in [1.807, 2.05) is 4.90 Å². The molecule has 25 heavy (non-hydrogen) atoms. The van der Waals surface area contributed by atoms with Crippen molar-refractivity contribution in [3.63, 3.8) is 0 Å². The molecule has 0 N–H and O–H groups in total. The maximum Gasteiger partial charge on any atom is 0.219 e. The third kappa shape index (κ3) is 5.29. The molecule has 1 aromatic carbocycles. The summed E-state index contributed by atoms with van der Waals surface area (Å²) in [7, 11) is 0. The average Bonchev–Trinajstić information content (AvgIpc) is 3.11. The number of amides is 1. The Morgan fingerprint density at radius 2 is 1.96 bits per heavy atom. The molecule has 0 bridgehead atoms. The topological polar surface area (TPSA) is 32.8 Å². The Morgan fingerprint density at radius 1 is 1.20 bits per heavy atom. The van der Waals surface area contributed by atoms with Gasteiger partial charge in [0.05, 0.1) is 6.10 Å². The molecule has 0 spiro atoms. The number of carbonyl (C=O) groups is 1. The smallest absolute Gasteiger partial charge is 0.219 e. The van der Waals surface area contributed by atoms with E-state index >= 15 is 0 Å². The van der Waals surface area contributed by atoms with Crippen LogP contribution in [0.1, 0.15) is 43.7 Å². The number of rotatable bonds is 6. The van der Waals surface area contributed by atoms with Crippen molar-refractivity contribution in [3.8, 4) is 0 Å². The lowest BCUT2D eigenvalue weighted by atomic mass is 9.95. The van der Waals surface area contributed by atoms with Crippen molar-refractivity contribution in [1.29, 1.82) is 0 Å². The highest BCUT2D eigenvalue weighted by Crippen LogP contribution is 2.22. The van der Waals surface area contributed by atoms with Gasteiger partial charge in [-0.3, -0.25) is 9.69 Å². The van der Waals surface area contributed by atoms with Crippen LogP contribution in [0.15, 0.2) is 24.3 Å². The number of aryl methyl sites for hydroxylation is 1. The number of carbonyl (C=O) groups excluding carboxylic acids is 1. The Hall–Kier alpha value is -1.39. The third-order valence-corrected chi connectivity index (χ3v) is 5.73. The van der Waals surface area contributed by atoms with Gasteiger partial charge in [0.15, 0.2) is 0 Å². The number of ether oxygens (including phenoxy) is 1. The highest BCUT2D eigenvalue weighted by atomic mass is 16.5. The normalized spacial score (nSPS) is 22.2. The van der Waals surface area contributed by atoms with Gasteiger partial charge in [0.25, 0.3) is 0 Å². The fraction of sp³-hybridized carbons (Fsp3) is 0.667. The molecule has 0 unspecified atom stereocenters. The van der Waals surface area contributed by atoms with Crippen LogP contribution < -0.4 is 0 Å². The quantitative estimate of drug-likeness (QED) is 0.794. The number of hydrogen-bond donors (Lipinski definition) is 0. The predicted molar refractivity (Wildman–Crippen MR) is 100 cm³/mol. The molecular formula is C21H32N2O2. The van der Waals surface area contributed by atoms with Crippen LogP contribution >= 0.6 is 0 Å². The second kappa shape index (κ2) is 8.81. The van der Waals surface area contributed by atoms with Gasteiger partial charge in [-0.25, -0.2) is 0 Å². The first-order valence-corrected chi connectivity index (χ1v) is 9.76. The Labute approximate surface area is 152 Å². The molecule has 2 heterocycles. The summed E-state index contributed by atoms with van der Waals surface area (Å²) in [5.41, 5.74) is 2.81. The van der Waals surface area contributed by atoms with Crippen molar-refractivity contribution in [2.75, 3.05) is 32.8 Å². The maximum atomic E-state index is 12.0. The van der Waals surface area contributed by atoms with E-state index in [2.05, 4.69) is 36.1 Å². The standard InChI is InChI=1S/C21H32N2O2/c1-17-6-3-4-7-20(17)15-22-11-9-19(10-12-22)14-23(18(2)24)16-21-8-5-13-25-21/h3-4,6-7,19,21H,5,8-16H2,1-2H3/t21-/m1/s1. The van der Waals surface area contributed by atoms with Crippen LogP contribution in [0.3, 0.4) is 0 Å². The zero-order valence-electron chi connectivity index (χ0n) is 15.7. The Balaban J connectivity index is 1.46. The molecule has 138 valence electrons. The Morgan fingerprint density at radius 3 is 2.60 bits per heavy atom. The van der Waals surface area contributed by atoms with Crippen molar-refractivity contribution in [2.45, 2.75) is 52.2 Å². The number of piperidine rings is 1. The number of benzene rings is 1. The fourth-order valence-electron chi connectivity index (χ4n) is 4.03. The molecule has 4 heteroatoms. The first kappa shape index (κ1) is 18.4. The number of hydrogen-bond acceptors (Lipinski definition) is 3. The summed E-state index contributed by atoms with van der Waals surface area (Å²) < 4.78 is 5.72. The fourth-order valence-corrected chi connectivity index (χ4v) is 4.03. The van der Waals surface area contributed by atoms with Gasteiger partial charge in [-0.2, -0.15) is 0 Å². The molecule has 0 radical (unpaired) electrons. The molecule has 0 saturated carbocycles. The van der Waals surface area contributed by atoms with Gasteiger partial charge in [-0.1, -0.05) is 24.3 Å². The summed E-state index contributed by atoms with van der Waals surface area (Å²) in [6.07, 6.45) is 4.85. The molecule has 2 saturated heterocycles. The molecular weight excluding hydrogens is 312 g/mol. The largest absolute Gasteiger partial charge is 0.376 e. The average molecular weight is 344 g/mol. The Kier molecular flexibility index (Phi) is 6.49. The van der Waals surface area contributed by atoms with Crippen LogP contribution in [0, 0.1) is 12.8 Å². The molecule has 1 atom stereocenters. The minimum Gasteiger partial charge on any atom is -0.376 e. The zero-order chi connectivity index (χ0) is 17.6.